The molecular formula is C23H31N3O4S2. The zero-order valence-corrected chi connectivity index (χ0v) is 20.4. The highest BCUT2D eigenvalue weighted by molar-refractivity contribution is 7.99. The number of aromatic nitrogens is 1. The molecule has 2 aromatic rings. The Labute approximate surface area is 195 Å². The number of nitrogens with zero attached hydrogens (tertiary/aromatic N) is 2. The van der Waals surface area contributed by atoms with Crippen LogP contribution in [0, 0.1) is 5.92 Å². The van der Waals surface area contributed by atoms with Crippen molar-refractivity contribution in [2.24, 2.45) is 5.92 Å². The van der Waals surface area contributed by atoms with E-state index in [1.807, 2.05) is 6.92 Å². The van der Waals surface area contributed by atoms with Gasteiger partial charge in [-0.2, -0.15) is 4.31 Å². The fourth-order valence-corrected chi connectivity index (χ4v) is 5.47. The fraction of sp³-hybridized carbons (Fsp3) is 0.478. The summed E-state index contributed by atoms with van der Waals surface area (Å²) in [7, 11) is -3.56. The lowest BCUT2D eigenvalue weighted by atomic mass is 10.00. The Hall–Kier alpha value is -1.94. The zero-order valence-electron chi connectivity index (χ0n) is 18.8. The van der Waals surface area contributed by atoms with Crippen LogP contribution in [0.25, 0.3) is 0 Å². The molecule has 32 heavy (non-hydrogen) atoms. The molecule has 0 unspecified atom stereocenters. The van der Waals surface area contributed by atoms with E-state index in [0.717, 1.165) is 12.0 Å². The highest BCUT2D eigenvalue weighted by Gasteiger charge is 2.26. The molecule has 0 aliphatic carbocycles. The number of sulfonamides is 1. The van der Waals surface area contributed by atoms with Crippen molar-refractivity contribution in [1.82, 2.24) is 14.6 Å². The summed E-state index contributed by atoms with van der Waals surface area (Å²) in [5, 5.41) is 3.61. The van der Waals surface area contributed by atoms with Gasteiger partial charge in [0, 0.05) is 19.3 Å². The predicted octanol–water partition coefficient (Wildman–Crippen LogP) is 3.27. The van der Waals surface area contributed by atoms with Crippen molar-refractivity contribution in [3.63, 3.8) is 0 Å². The molecule has 1 aliphatic heterocycles. The lowest BCUT2D eigenvalue weighted by Crippen LogP contribution is -2.40. The molecule has 1 fully saturated rings. The van der Waals surface area contributed by atoms with E-state index in [1.54, 1.807) is 12.1 Å². The van der Waals surface area contributed by atoms with E-state index >= 15 is 0 Å². The van der Waals surface area contributed by atoms with E-state index in [-0.39, 0.29) is 22.6 Å². The van der Waals surface area contributed by atoms with Gasteiger partial charge in [-0.1, -0.05) is 49.9 Å². The Bertz CT molecular complexity index is 987. The molecular weight excluding hydrogens is 446 g/mol. The van der Waals surface area contributed by atoms with Gasteiger partial charge in [0.05, 0.1) is 30.0 Å². The average molecular weight is 478 g/mol. The molecule has 1 atom stereocenters. The van der Waals surface area contributed by atoms with Gasteiger partial charge >= 0.3 is 0 Å². The van der Waals surface area contributed by atoms with Crippen LogP contribution in [0.2, 0.25) is 0 Å². The van der Waals surface area contributed by atoms with Gasteiger partial charge in [0.15, 0.2) is 0 Å². The van der Waals surface area contributed by atoms with Crippen LogP contribution < -0.4 is 5.32 Å². The van der Waals surface area contributed by atoms with Crippen LogP contribution >= 0.6 is 11.8 Å². The van der Waals surface area contributed by atoms with E-state index in [1.165, 1.54) is 27.8 Å². The van der Waals surface area contributed by atoms with Crippen molar-refractivity contribution in [3.05, 3.63) is 53.7 Å². The molecule has 9 heteroatoms. The maximum atomic E-state index is 12.7. The predicted molar refractivity (Wildman–Crippen MR) is 126 cm³/mol. The normalized spacial score (nSPS) is 16.1. The van der Waals surface area contributed by atoms with Crippen LogP contribution in [-0.2, 0) is 26.0 Å². The second-order valence-electron chi connectivity index (χ2n) is 8.27. The summed E-state index contributed by atoms with van der Waals surface area (Å²) in [5.74, 6) is 0.718. The first-order valence-electron chi connectivity index (χ1n) is 10.8. The highest BCUT2D eigenvalue weighted by Crippen LogP contribution is 2.21. The summed E-state index contributed by atoms with van der Waals surface area (Å²) < 4.78 is 31.9. The summed E-state index contributed by atoms with van der Waals surface area (Å²) in [5.41, 5.74) is 2.36. The van der Waals surface area contributed by atoms with Crippen LogP contribution in [0.15, 0.2) is 52.5 Å². The molecule has 0 spiro atoms. The number of ether oxygens (including phenoxy) is 1. The molecule has 0 bridgehead atoms. The molecule has 2 heterocycles. The van der Waals surface area contributed by atoms with Crippen molar-refractivity contribution >= 4 is 27.7 Å². The van der Waals surface area contributed by atoms with Crippen molar-refractivity contribution in [1.29, 1.82) is 0 Å². The number of pyridine rings is 1. The van der Waals surface area contributed by atoms with Crippen molar-refractivity contribution < 1.29 is 17.9 Å². The summed E-state index contributed by atoms with van der Waals surface area (Å²) >= 11 is 1.28. The van der Waals surface area contributed by atoms with Gasteiger partial charge in [-0.3, -0.25) is 4.79 Å². The maximum absolute atomic E-state index is 12.7. The second-order valence-corrected chi connectivity index (χ2v) is 11.2. The molecule has 1 amide bonds. The Morgan fingerprint density at radius 2 is 1.81 bits per heavy atom. The smallest absolute Gasteiger partial charge is 0.244 e. The maximum Gasteiger partial charge on any atom is 0.244 e. The van der Waals surface area contributed by atoms with Gasteiger partial charge in [0.25, 0.3) is 0 Å². The molecule has 3 rings (SSSR count). The lowest BCUT2D eigenvalue weighted by molar-refractivity contribution is -0.119. The van der Waals surface area contributed by atoms with Crippen LogP contribution in [0.1, 0.15) is 37.9 Å². The number of amides is 1. The number of carbonyl (C=O) groups excluding carboxylic acids is 1. The molecule has 7 nitrogen and oxygen atoms in total. The summed E-state index contributed by atoms with van der Waals surface area (Å²) in [6.07, 6.45) is 2.39. The standard InChI is InChI=1S/C23H31N3O4S2/c1-17(2)14-19-4-6-20(7-5-19)18(3)25-22(27)16-31-23-9-8-21(15-24-23)32(28,29)26-10-12-30-13-11-26/h4-9,15,17-18H,10-14,16H2,1-3H3,(H,25,27)/t18-/m0/s1. The number of hydrogen-bond acceptors (Lipinski definition) is 6. The van der Waals surface area contributed by atoms with Crippen LogP contribution in [0.3, 0.4) is 0 Å². The molecule has 1 aromatic carbocycles. The summed E-state index contributed by atoms with van der Waals surface area (Å²) in [4.78, 5) is 16.8. The van der Waals surface area contributed by atoms with Gasteiger partial charge in [0.2, 0.25) is 15.9 Å². The van der Waals surface area contributed by atoms with Crippen molar-refractivity contribution in [3.8, 4) is 0 Å². The molecule has 174 valence electrons. The Morgan fingerprint density at radius 3 is 2.41 bits per heavy atom. The number of morpholine rings is 1. The topological polar surface area (TPSA) is 88.6 Å². The Morgan fingerprint density at radius 1 is 1.12 bits per heavy atom. The summed E-state index contributed by atoms with van der Waals surface area (Å²) in [6, 6.07) is 11.4. The minimum atomic E-state index is -3.56. The van der Waals surface area contributed by atoms with Crippen LogP contribution in [0.5, 0.6) is 0 Å². The number of nitrogens with one attached hydrogen (secondary N) is 1. The highest BCUT2D eigenvalue weighted by atomic mass is 32.2. The SMILES string of the molecule is CC(C)Cc1ccc([C@H](C)NC(=O)CSc2ccc(S(=O)(=O)N3CCOCC3)cn2)cc1. The monoisotopic (exact) mass is 477 g/mol. The number of benzene rings is 1. The molecule has 1 N–H and O–H groups in total. The van der Waals surface area contributed by atoms with E-state index in [9.17, 15) is 13.2 Å². The lowest BCUT2D eigenvalue weighted by Gasteiger charge is -2.25. The minimum Gasteiger partial charge on any atom is -0.379 e. The molecule has 1 aliphatic rings. The van der Waals surface area contributed by atoms with Gasteiger partial charge in [-0.25, -0.2) is 13.4 Å². The first-order chi connectivity index (χ1) is 15.3. The van der Waals surface area contributed by atoms with Crippen molar-refractivity contribution in [2.45, 2.75) is 43.2 Å². The first-order valence-corrected chi connectivity index (χ1v) is 13.2. The molecule has 0 saturated carbocycles. The van der Waals surface area contributed by atoms with E-state index < -0.39 is 10.0 Å². The van der Waals surface area contributed by atoms with E-state index in [0.29, 0.717) is 37.2 Å². The van der Waals surface area contributed by atoms with Gasteiger partial charge in [-0.05, 0) is 42.5 Å². The molecule has 1 saturated heterocycles. The third kappa shape index (κ3) is 6.78. The zero-order chi connectivity index (χ0) is 23.1. The number of rotatable bonds is 9. The largest absolute Gasteiger partial charge is 0.379 e. The van der Waals surface area contributed by atoms with Gasteiger partial charge in [-0.15, -0.1) is 0 Å². The van der Waals surface area contributed by atoms with Gasteiger partial charge < -0.3 is 10.1 Å². The summed E-state index contributed by atoms with van der Waals surface area (Å²) in [6.45, 7) is 7.84. The quantitative estimate of drug-likeness (QED) is 0.558. The fourth-order valence-electron chi connectivity index (χ4n) is 3.46. The third-order valence-corrected chi connectivity index (χ3v) is 8.00. The van der Waals surface area contributed by atoms with Crippen LogP contribution in [-0.4, -0.2) is 55.7 Å². The second kappa shape index (κ2) is 11.3. The number of thioether (sulfide) groups is 1. The van der Waals surface area contributed by atoms with Crippen molar-refractivity contribution in [2.75, 3.05) is 32.1 Å². The number of carbonyl (C=O) groups is 1. The minimum absolute atomic E-state index is 0.0924. The van der Waals surface area contributed by atoms with E-state index in [4.69, 9.17) is 4.74 Å². The number of hydrogen-bond donors (Lipinski definition) is 1. The molecule has 1 aromatic heterocycles. The third-order valence-electron chi connectivity index (χ3n) is 5.17. The van der Waals surface area contributed by atoms with Crippen LogP contribution in [0.4, 0.5) is 0 Å². The van der Waals surface area contributed by atoms with Gasteiger partial charge in [0.1, 0.15) is 4.90 Å². The Kier molecular flexibility index (Phi) is 8.70. The van der Waals surface area contributed by atoms with E-state index in [2.05, 4.69) is 48.4 Å². The average Bonchev–Trinajstić information content (AvgIpc) is 2.78. The Balaban J connectivity index is 1.50. The first kappa shape index (κ1) is 24.7. The molecule has 0 radical (unpaired) electrons.